The molecule has 2 heterocycles. The molecule has 9 heteroatoms. The third-order valence-electron chi connectivity index (χ3n) is 4.30. The highest BCUT2D eigenvalue weighted by molar-refractivity contribution is 6.07. The maximum Gasteiger partial charge on any atom is 0.387 e. The molecule has 1 N–H and O–H groups in total. The third-order valence-corrected chi connectivity index (χ3v) is 4.30. The Kier molecular flexibility index (Phi) is 4.39. The van der Waals surface area contributed by atoms with Gasteiger partial charge < -0.3 is 14.5 Å². The van der Waals surface area contributed by atoms with E-state index in [0.717, 1.165) is 4.90 Å². The Morgan fingerprint density at radius 2 is 1.92 bits per heavy atom. The number of urea groups is 1. The zero-order valence-corrected chi connectivity index (χ0v) is 14.4. The molecule has 1 aromatic carbocycles. The summed E-state index contributed by atoms with van der Waals surface area (Å²) in [6.45, 7) is 2.02. The van der Waals surface area contributed by atoms with E-state index in [-0.39, 0.29) is 18.2 Å². The zero-order chi connectivity index (χ0) is 19.1. The molecular weight excluding hydrogens is 348 g/mol. The van der Waals surface area contributed by atoms with Crippen LogP contribution in [-0.4, -0.2) is 28.4 Å². The monoisotopic (exact) mass is 365 g/mol. The summed E-state index contributed by atoms with van der Waals surface area (Å²) in [5.74, 6) is 0.350. The van der Waals surface area contributed by atoms with Crippen LogP contribution in [-0.2, 0) is 16.9 Å². The largest absolute Gasteiger partial charge is 0.444 e. The molecule has 1 saturated heterocycles. The summed E-state index contributed by atoms with van der Waals surface area (Å²) in [6, 6.07) is 4.96. The fraction of sp³-hybridized carbons (Fsp3) is 0.353. The third kappa shape index (κ3) is 3.12. The number of halogens is 2. The van der Waals surface area contributed by atoms with E-state index in [9.17, 15) is 18.4 Å². The summed E-state index contributed by atoms with van der Waals surface area (Å²) in [5.41, 5.74) is -0.193. The molecule has 0 saturated carbocycles. The SMILES string of the molecule is Cc1nc(CN2C(=O)NC(C)(c3ccc(OC(F)F)cc3)C2=O)oc1C. The van der Waals surface area contributed by atoms with Crippen LogP contribution in [0.4, 0.5) is 13.6 Å². The van der Waals surface area contributed by atoms with Crippen LogP contribution in [0.1, 0.15) is 29.8 Å². The van der Waals surface area contributed by atoms with Crippen LogP contribution in [0.25, 0.3) is 0 Å². The standard InChI is InChI=1S/C17H17F2N3O4/c1-9-10(2)25-13(20-9)8-22-14(23)17(3,21-16(22)24)11-4-6-12(7-5-11)26-15(18)19/h4-7,15H,8H2,1-3H3,(H,21,24). The number of nitrogens with one attached hydrogen (secondary N) is 1. The lowest BCUT2D eigenvalue weighted by atomic mass is 9.92. The summed E-state index contributed by atoms with van der Waals surface area (Å²) in [6.07, 6.45) is 0. The van der Waals surface area contributed by atoms with Crippen molar-refractivity contribution in [2.45, 2.75) is 39.5 Å². The van der Waals surface area contributed by atoms with Gasteiger partial charge in [0.2, 0.25) is 5.89 Å². The number of nitrogens with zero attached hydrogens (tertiary/aromatic N) is 2. The van der Waals surface area contributed by atoms with Gasteiger partial charge in [-0.05, 0) is 38.5 Å². The topological polar surface area (TPSA) is 84.7 Å². The summed E-state index contributed by atoms with van der Waals surface area (Å²) in [7, 11) is 0. The molecule has 0 bridgehead atoms. The van der Waals surface area contributed by atoms with Crippen molar-refractivity contribution in [3.8, 4) is 5.75 Å². The molecule has 1 unspecified atom stereocenters. The molecule has 26 heavy (non-hydrogen) atoms. The van der Waals surface area contributed by atoms with Crippen LogP contribution in [0.2, 0.25) is 0 Å². The second kappa shape index (κ2) is 6.40. The molecule has 0 aliphatic carbocycles. The first-order valence-corrected chi connectivity index (χ1v) is 7.83. The fourth-order valence-corrected chi connectivity index (χ4v) is 2.75. The summed E-state index contributed by atoms with van der Waals surface area (Å²) >= 11 is 0. The number of carbonyl (C=O) groups excluding carboxylic acids is 2. The predicted octanol–water partition coefficient (Wildman–Crippen LogP) is 2.86. The van der Waals surface area contributed by atoms with Gasteiger partial charge in [-0.15, -0.1) is 0 Å². The van der Waals surface area contributed by atoms with Crippen molar-refractivity contribution < 1.29 is 27.5 Å². The van der Waals surface area contributed by atoms with E-state index >= 15 is 0 Å². The molecule has 7 nitrogen and oxygen atoms in total. The van der Waals surface area contributed by atoms with E-state index in [2.05, 4.69) is 15.0 Å². The van der Waals surface area contributed by atoms with Crippen molar-refractivity contribution in [2.24, 2.45) is 0 Å². The highest BCUT2D eigenvalue weighted by atomic mass is 19.3. The number of benzene rings is 1. The van der Waals surface area contributed by atoms with Crippen molar-refractivity contribution in [3.05, 3.63) is 47.2 Å². The van der Waals surface area contributed by atoms with Crippen molar-refractivity contribution in [1.82, 2.24) is 15.2 Å². The highest BCUT2D eigenvalue weighted by Gasteiger charge is 2.49. The molecule has 0 radical (unpaired) electrons. The number of hydrogen-bond donors (Lipinski definition) is 1. The predicted molar refractivity (Wildman–Crippen MR) is 85.5 cm³/mol. The smallest absolute Gasteiger partial charge is 0.387 e. The lowest BCUT2D eigenvalue weighted by Crippen LogP contribution is -2.40. The van der Waals surface area contributed by atoms with Gasteiger partial charge in [0, 0.05) is 0 Å². The molecule has 1 aliphatic heterocycles. The fourth-order valence-electron chi connectivity index (χ4n) is 2.75. The van der Waals surface area contributed by atoms with Crippen molar-refractivity contribution >= 4 is 11.9 Å². The quantitative estimate of drug-likeness (QED) is 0.824. The summed E-state index contributed by atoms with van der Waals surface area (Å²) in [5, 5.41) is 2.63. The van der Waals surface area contributed by atoms with Gasteiger partial charge in [-0.1, -0.05) is 12.1 Å². The minimum Gasteiger partial charge on any atom is -0.444 e. The van der Waals surface area contributed by atoms with Gasteiger partial charge in [0.05, 0.1) is 5.69 Å². The lowest BCUT2D eigenvalue weighted by molar-refractivity contribution is -0.131. The normalized spacial score (nSPS) is 20.0. The van der Waals surface area contributed by atoms with Crippen molar-refractivity contribution in [3.63, 3.8) is 0 Å². The number of oxazole rings is 1. The van der Waals surface area contributed by atoms with Gasteiger partial charge in [-0.2, -0.15) is 8.78 Å². The number of amides is 3. The van der Waals surface area contributed by atoms with E-state index in [0.29, 0.717) is 17.0 Å². The number of aryl methyl sites for hydroxylation is 2. The molecule has 0 spiro atoms. The number of ether oxygens (including phenoxy) is 1. The van der Waals surface area contributed by atoms with Crippen molar-refractivity contribution in [1.29, 1.82) is 0 Å². The van der Waals surface area contributed by atoms with E-state index in [1.54, 1.807) is 20.8 Å². The molecular formula is C17H17F2N3O4. The number of carbonyl (C=O) groups is 2. The van der Waals surface area contributed by atoms with Gasteiger partial charge in [0.1, 0.15) is 23.6 Å². The van der Waals surface area contributed by atoms with Crippen LogP contribution in [0.3, 0.4) is 0 Å². The van der Waals surface area contributed by atoms with E-state index in [4.69, 9.17) is 4.42 Å². The van der Waals surface area contributed by atoms with E-state index < -0.39 is 24.1 Å². The lowest BCUT2D eigenvalue weighted by Gasteiger charge is -2.22. The number of rotatable bonds is 5. The molecule has 138 valence electrons. The van der Waals surface area contributed by atoms with Crippen LogP contribution in [0.15, 0.2) is 28.7 Å². The zero-order valence-electron chi connectivity index (χ0n) is 14.4. The van der Waals surface area contributed by atoms with Crippen molar-refractivity contribution in [2.75, 3.05) is 0 Å². The number of imide groups is 1. The molecule has 1 fully saturated rings. The molecule has 3 amide bonds. The van der Waals surface area contributed by atoms with Gasteiger partial charge in [0.15, 0.2) is 0 Å². The maximum atomic E-state index is 12.8. The molecule has 1 aromatic heterocycles. The second-order valence-corrected chi connectivity index (χ2v) is 6.10. The number of hydrogen-bond acceptors (Lipinski definition) is 5. The highest BCUT2D eigenvalue weighted by Crippen LogP contribution is 2.31. The van der Waals surface area contributed by atoms with Crippen LogP contribution in [0.5, 0.6) is 5.75 Å². The minimum absolute atomic E-state index is 0.0354. The number of alkyl halides is 2. The molecule has 3 rings (SSSR count). The summed E-state index contributed by atoms with van der Waals surface area (Å²) < 4.78 is 34.2. The average Bonchev–Trinajstić information content (AvgIpc) is 2.99. The van der Waals surface area contributed by atoms with Gasteiger partial charge in [-0.25, -0.2) is 9.78 Å². The van der Waals surface area contributed by atoms with E-state index in [1.165, 1.54) is 24.3 Å². The Morgan fingerprint density at radius 1 is 1.27 bits per heavy atom. The first kappa shape index (κ1) is 17.8. The molecule has 1 aliphatic rings. The Bertz CT molecular complexity index is 831. The Hall–Kier alpha value is -2.97. The first-order valence-electron chi connectivity index (χ1n) is 7.83. The number of aromatic nitrogens is 1. The van der Waals surface area contributed by atoms with Gasteiger partial charge in [0.25, 0.3) is 5.91 Å². The van der Waals surface area contributed by atoms with Crippen LogP contribution < -0.4 is 10.1 Å². The Morgan fingerprint density at radius 3 is 2.46 bits per heavy atom. The molecule has 1 atom stereocenters. The van der Waals surface area contributed by atoms with Gasteiger partial charge >= 0.3 is 12.6 Å². The average molecular weight is 365 g/mol. The Balaban J connectivity index is 1.82. The van der Waals surface area contributed by atoms with E-state index in [1.807, 2.05) is 0 Å². The molecule has 2 aromatic rings. The second-order valence-electron chi connectivity index (χ2n) is 6.10. The van der Waals surface area contributed by atoms with Crippen LogP contribution in [0, 0.1) is 13.8 Å². The first-order chi connectivity index (χ1) is 12.2. The van der Waals surface area contributed by atoms with Crippen LogP contribution >= 0.6 is 0 Å². The maximum absolute atomic E-state index is 12.8. The van der Waals surface area contributed by atoms with Gasteiger partial charge in [-0.3, -0.25) is 9.69 Å². The minimum atomic E-state index is -2.94. The summed E-state index contributed by atoms with van der Waals surface area (Å²) in [4.78, 5) is 30.3. The Labute approximate surface area is 147 Å².